The van der Waals surface area contributed by atoms with Crippen LogP contribution in [0.5, 0.6) is 0 Å². The van der Waals surface area contributed by atoms with Crippen molar-refractivity contribution in [2.75, 3.05) is 0 Å². The smallest absolute Gasteiger partial charge is 0.335 e. The van der Waals surface area contributed by atoms with Crippen molar-refractivity contribution < 1.29 is 9.90 Å². The van der Waals surface area contributed by atoms with Crippen LogP contribution in [0.2, 0.25) is 0 Å². The summed E-state index contributed by atoms with van der Waals surface area (Å²) in [6.45, 7) is 0. The molecule has 0 saturated carbocycles. The quantitative estimate of drug-likeness (QED) is 0.847. The van der Waals surface area contributed by atoms with E-state index >= 15 is 0 Å². The summed E-state index contributed by atoms with van der Waals surface area (Å²) in [6, 6.07) is 6.85. The maximum absolute atomic E-state index is 10.6. The van der Waals surface area contributed by atoms with Crippen molar-refractivity contribution in [2.45, 2.75) is 10.1 Å². The monoisotopic (exact) mass is 252 g/mol. The Bertz CT molecular complexity index is 468. The molecule has 1 aromatic heterocycles. The zero-order valence-electron chi connectivity index (χ0n) is 8.16. The van der Waals surface area contributed by atoms with E-state index in [4.69, 9.17) is 5.11 Å². The molecule has 0 radical (unpaired) electrons. The van der Waals surface area contributed by atoms with Crippen molar-refractivity contribution in [3.8, 4) is 0 Å². The van der Waals surface area contributed by atoms with Crippen LogP contribution in [0.1, 0.15) is 15.9 Å². The molecule has 0 aliphatic heterocycles. The van der Waals surface area contributed by atoms with Crippen molar-refractivity contribution in [3.05, 3.63) is 40.9 Å². The molecule has 0 atom stereocenters. The van der Waals surface area contributed by atoms with Gasteiger partial charge in [0, 0.05) is 5.75 Å². The second-order valence-corrected chi connectivity index (χ2v) is 5.05. The Morgan fingerprint density at radius 3 is 2.69 bits per heavy atom. The number of thioether (sulfide) groups is 1. The molecule has 0 amide bonds. The first-order valence-electron chi connectivity index (χ1n) is 4.47. The third-order valence-corrected chi connectivity index (χ3v) is 3.83. The Morgan fingerprint density at radius 1 is 1.38 bits per heavy atom. The van der Waals surface area contributed by atoms with Gasteiger partial charge in [-0.25, -0.2) is 4.79 Å². The number of carboxylic acid groups (broad SMARTS) is 1. The molecule has 0 aliphatic carbocycles. The zero-order valence-corrected chi connectivity index (χ0v) is 9.79. The molecular weight excluding hydrogens is 244 g/mol. The summed E-state index contributed by atoms with van der Waals surface area (Å²) in [5.74, 6) is -0.127. The SMILES string of the molecule is O=C(O)c1ccc(CSc2nncs2)cc1. The van der Waals surface area contributed by atoms with Gasteiger partial charge in [0.1, 0.15) is 5.51 Å². The molecule has 0 fully saturated rings. The fourth-order valence-corrected chi connectivity index (χ4v) is 2.56. The van der Waals surface area contributed by atoms with E-state index in [0.717, 1.165) is 15.7 Å². The van der Waals surface area contributed by atoms with Crippen molar-refractivity contribution in [3.63, 3.8) is 0 Å². The number of hydrogen-bond acceptors (Lipinski definition) is 5. The van der Waals surface area contributed by atoms with Gasteiger partial charge < -0.3 is 5.11 Å². The molecule has 82 valence electrons. The second-order valence-electron chi connectivity index (χ2n) is 3.00. The fraction of sp³-hybridized carbons (Fsp3) is 0.100. The minimum Gasteiger partial charge on any atom is -0.478 e. The maximum atomic E-state index is 10.6. The first-order valence-corrected chi connectivity index (χ1v) is 6.33. The predicted octanol–water partition coefficient (Wildman–Crippen LogP) is 2.53. The number of carboxylic acids is 1. The standard InChI is InChI=1S/C10H8N2O2S2/c13-9(14)8-3-1-7(2-4-8)5-15-10-12-11-6-16-10/h1-4,6H,5H2,(H,13,14). The highest BCUT2D eigenvalue weighted by Crippen LogP contribution is 2.23. The van der Waals surface area contributed by atoms with E-state index in [1.807, 2.05) is 12.1 Å². The van der Waals surface area contributed by atoms with Crippen LogP contribution in [-0.4, -0.2) is 21.3 Å². The van der Waals surface area contributed by atoms with Crippen molar-refractivity contribution >= 4 is 29.1 Å². The van der Waals surface area contributed by atoms with E-state index in [0.29, 0.717) is 5.56 Å². The topological polar surface area (TPSA) is 63.1 Å². The number of nitrogens with zero attached hydrogens (tertiary/aromatic N) is 2. The van der Waals surface area contributed by atoms with Gasteiger partial charge in [0.2, 0.25) is 0 Å². The highest BCUT2D eigenvalue weighted by Gasteiger charge is 2.03. The largest absolute Gasteiger partial charge is 0.478 e. The molecule has 2 rings (SSSR count). The average Bonchev–Trinajstić information content (AvgIpc) is 2.80. The molecule has 1 aromatic carbocycles. The predicted molar refractivity (Wildman–Crippen MR) is 62.9 cm³/mol. The third-order valence-electron chi connectivity index (χ3n) is 1.90. The van der Waals surface area contributed by atoms with E-state index in [-0.39, 0.29) is 0 Å². The first-order chi connectivity index (χ1) is 7.75. The Morgan fingerprint density at radius 2 is 2.12 bits per heavy atom. The average molecular weight is 252 g/mol. The van der Waals surface area contributed by atoms with Gasteiger partial charge in [-0.15, -0.1) is 10.2 Å². The van der Waals surface area contributed by atoms with Crippen LogP contribution in [0.25, 0.3) is 0 Å². The van der Waals surface area contributed by atoms with Crippen LogP contribution >= 0.6 is 23.1 Å². The molecule has 16 heavy (non-hydrogen) atoms. The lowest BCUT2D eigenvalue weighted by molar-refractivity contribution is 0.0697. The van der Waals surface area contributed by atoms with Crippen molar-refractivity contribution in [1.29, 1.82) is 0 Å². The summed E-state index contributed by atoms with van der Waals surface area (Å²) in [7, 11) is 0. The maximum Gasteiger partial charge on any atom is 0.335 e. The zero-order chi connectivity index (χ0) is 11.4. The summed E-state index contributed by atoms with van der Waals surface area (Å²) in [5.41, 5.74) is 3.07. The molecule has 1 heterocycles. The van der Waals surface area contributed by atoms with Crippen molar-refractivity contribution in [2.24, 2.45) is 0 Å². The van der Waals surface area contributed by atoms with Gasteiger partial charge >= 0.3 is 5.97 Å². The van der Waals surface area contributed by atoms with Crippen molar-refractivity contribution in [1.82, 2.24) is 10.2 Å². The van der Waals surface area contributed by atoms with Crippen LogP contribution < -0.4 is 0 Å². The minimum absolute atomic E-state index is 0.310. The summed E-state index contributed by atoms with van der Waals surface area (Å²) < 4.78 is 0.919. The van der Waals surface area contributed by atoms with Gasteiger partial charge in [0.05, 0.1) is 5.56 Å². The van der Waals surface area contributed by atoms with Gasteiger partial charge in [0.25, 0.3) is 0 Å². The van der Waals surface area contributed by atoms with Gasteiger partial charge in [-0.1, -0.05) is 35.2 Å². The number of aromatic nitrogens is 2. The number of carbonyl (C=O) groups is 1. The van der Waals surface area contributed by atoms with Gasteiger partial charge in [-0.2, -0.15) is 0 Å². The summed E-state index contributed by atoms with van der Waals surface area (Å²) in [6.07, 6.45) is 0. The highest BCUT2D eigenvalue weighted by molar-refractivity contribution is 8.00. The molecule has 0 aliphatic rings. The molecule has 0 spiro atoms. The van der Waals surface area contributed by atoms with Gasteiger partial charge in [-0.3, -0.25) is 0 Å². The molecule has 6 heteroatoms. The number of benzene rings is 1. The molecule has 4 nitrogen and oxygen atoms in total. The normalized spacial score (nSPS) is 10.2. The van der Waals surface area contributed by atoms with Crippen LogP contribution in [-0.2, 0) is 5.75 Å². The fourth-order valence-electron chi connectivity index (χ4n) is 1.11. The number of aromatic carboxylic acids is 1. The lowest BCUT2D eigenvalue weighted by Gasteiger charge is -1.99. The van der Waals surface area contributed by atoms with E-state index in [2.05, 4.69) is 10.2 Å². The lowest BCUT2D eigenvalue weighted by atomic mass is 10.1. The Labute approximate surface area is 100 Å². The third kappa shape index (κ3) is 2.80. The molecule has 0 unspecified atom stereocenters. The molecule has 0 saturated heterocycles. The van der Waals surface area contributed by atoms with Crippen LogP contribution in [0.15, 0.2) is 34.1 Å². The van der Waals surface area contributed by atoms with Crippen LogP contribution in [0, 0.1) is 0 Å². The van der Waals surface area contributed by atoms with Gasteiger partial charge in [0.15, 0.2) is 4.34 Å². The van der Waals surface area contributed by atoms with Crippen LogP contribution in [0.4, 0.5) is 0 Å². The number of rotatable bonds is 4. The lowest BCUT2D eigenvalue weighted by Crippen LogP contribution is -1.95. The van der Waals surface area contributed by atoms with E-state index in [1.165, 1.54) is 11.3 Å². The van der Waals surface area contributed by atoms with Crippen LogP contribution in [0.3, 0.4) is 0 Å². The molecule has 1 N–H and O–H groups in total. The molecule has 2 aromatic rings. The summed E-state index contributed by atoms with van der Waals surface area (Å²) in [5, 5.41) is 16.4. The molecule has 0 bridgehead atoms. The van der Waals surface area contributed by atoms with E-state index in [9.17, 15) is 4.79 Å². The van der Waals surface area contributed by atoms with Gasteiger partial charge in [-0.05, 0) is 17.7 Å². The summed E-state index contributed by atoms with van der Waals surface area (Å²) in [4.78, 5) is 10.6. The van der Waals surface area contributed by atoms with E-state index in [1.54, 1.807) is 29.4 Å². The summed E-state index contributed by atoms with van der Waals surface area (Å²) >= 11 is 3.09. The Balaban J connectivity index is 1.98. The number of hydrogen-bond donors (Lipinski definition) is 1. The Hall–Kier alpha value is -1.40. The first kappa shape index (κ1) is 11.1. The minimum atomic E-state index is -0.900. The highest BCUT2D eigenvalue weighted by atomic mass is 32.2. The van der Waals surface area contributed by atoms with E-state index < -0.39 is 5.97 Å². The second kappa shape index (κ2) is 5.09. The Kier molecular flexibility index (Phi) is 3.53. The molecular formula is C10H8N2O2S2.